The van der Waals surface area contributed by atoms with Gasteiger partial charge in [0, 0.05) is 0 Å². The summed E-state index contributed by atoms with van der Waals surface area (Å²) in [6.07, 6.45) is -1.93. The van der Waals surface area contributed by atoms with Gasteiger partial charge in [0.25, 0.3) is 0 Å². The van der Waals surface area contributed by atoms with Gasteiger partial charge in [-0.05, 0) is 0 Å². The van der Waals surface area contributed by atoms with Crippen molar-refractivity contribution in [2.24, 2.45) is 0 Å². The molecule has 2 N–H and O–H groups in total. The van der Waals surface area contributed by atoms with Crippen molar-refractivity contribution in [3.05, 3.63) is 0 Å². The average Bonchev–Trinajstić information content (AvgIpc) is 1.63. The zero-order valence-corrected chi connectivity index (χ0v) is 4.03. The van der Waals surface area contributed by atoms with Gasteiger partial charge in [0.1, 0.15) is 0 Å². The molecule has 9 heavy (non-hydrogen) atoms. The average molecular weight is 134 g/mol. The molecule has 0 radical (unpaired) electrons. The lowest BCUT2D eigenvalue weighted by molar-refractivity contribution is -0.160. The Morgan fingerprint density at radius 1 is 1.11 bits per heavy atom. The molecule has 0 aliphatic heterocycles. The summed E-state index contributed by atoms with van der Waals surface area (Å²) in [7, 11) is 0. The highest BCUT2D eigenvalue weighted by Gasteiger charge is 2.16. The molecule has 0 aliphatic rings. The standard InChI is InChI=1S/C3H2O6/c4-1(5)2(6)9-3(7)8/h(H,4,5)(H,7,8). The third kappa shape index (κ3) is 3.03. The second-order valence-electron chi connectivity index (χ2n) is 0.961. The van der Waals surface area contributed by atoms with Crippen molar-refractivity contribution in [3.8, 4) is 0 Å². The van der Waals surface area contributed by atoms with Crippen LogP contribution in [0.3, 0.4) is 0 Å². The summed E-state index contributed by atoms with van der Waals surface area (Å²) in [6.45, 7) is 0. The van der Waals surface area contributed by atoms with Crippen molar-refractivity contribution in [1.82, 2.24) is 0 Å². The van der Waals surface area contributed by atoms with E-state index in [0.29, 0.717) is 0 Å². The minimum Gasteiger partial charge on any atom is -0.473 e. The van der Waals surface area contributed by atoms with Crippen LogP contribution >= 0.6 is 0 Å². The molecular formula is C3H2O6. The second-order valence-corrected chi connectivity index (χ2v) is 0.961. The van der Waals surface area contributed by atoms with Crippen LogP contribution in [-0.4, -0.2) is 28.3 Å². The molecule has 6 heteroatoms. The topological polar surface area (TPSA) is 101 Å². The molecule has 0 unspecified atom stereocenters. The molecule has 0 aromatic carbocycles. The van der Waals surface area contributed by atoms with E-state index in [0.717, 1.165) is 0 Å². The highest BCUT2D eigenvalue weighted by atomic mass is 16.7. The molecular weight excluding hydrogens is 132 g/mol. The van der Waals surface area contributed by atoms with Crippen molar-refractivity contribution in [3.63, 3.8) is 0 Å². The molecule has 0 saturated heterocycles. The molecule has 0 fully saturated rings. The summed E-state index contributed by atoms with van der Waals surface area (Å²) in [4.78, 5) is 28.7. The molecule has 0 heterocycles. The van der Waals surface area contributed by atoms with Gasteiger partial charge in [-0.1, -0.05) is 0 Å². The van der Waals surface area contributed by atoms with E-state index < -0.39 is 18.1 Å². The smallest absolute Gasteiger partial charge is 0.473 e. The Labute approximate surface area is 48.7 Å². The quantitative estimate of drug-likeness (QED) is 0.258. The van der Waals surface area contributed by atoms with Gasteiger partial charge in [0.2, 0.25) is 0 Å². The van der Waals surface area contributed by atoms with E-state index >= 15 is 0 Å². The fourth-order valence-electron chi connectivity index (χ4n) is 0.123. The van der Waals surface area contributed by atoms with Crippen LogP contribution in [0.4, 0.5) is 4.79 Å². The Hall–Kier alpha value is -1.59. The van der Waals surface area contributed by atoms with Crippen LogP contribution < -0.4 is 0 Å². The molecule has 0 atom stereocenters. The van der Waals surface area contributed by atoms with E-state index in [-0.39, 0.29) is 0 Å². The molecule has 0 amide bonds. The number of aliphatic carboxylic acids is 1. The largest absolute Gasteiger partial charge is 0.514 e. The zero-order chi connectivity index (χ0) is 7.44. The molecule has 50 valence electrons. The van der Waals surface area contributed by atoms with Crippen LogP contribution in [0.25, 0.3) is 0 Å². The fourth-order valence-corrected chi connectivity index (χ4v) is 0.123. The Balaban J connectivity index is 3.79. The number of carboxylic acid groups (broad SMARTS) is 2. The van der Waals surface area contributed by atoms with Crippen molar-refractivity contribution < 1.29 is 29.3 Å². The summed E-state index contributed by atoms with van der Waals surface area (Å²) >= 11 is 0. The molecule has 0 aromatic heterocycles. The highest BCUT2D eigenvalue weighted by Crippen LogP contribution is 1.77. The Kier molecular flexibility index (Phi) is 2.18. The van der Waals surface area contributed by atoms with E-state index in [4.69, 9.17) is 10.2 Å². The number of carboxylic acids is 1. The van der Waals surface area contributed by atoms with Crippen LogP contribution in [0.15, 0.2) is 0 Å². The van der Waals surface area contributed by atoms with E-state index in [1.807, 2.05) is 0 Å². The molecule has 0 aliphatic carbocycles. The van der Waals surface area contributed by atoms with E-state index in [2.05, 4.69) is 4.74 Å². The van der Waals surface area contributed by atoms with Gasteiger partial charge >= 0.3 is 18.1 Å². The predicted octanol–water partition coefficient (Wildman–Crippen LogP) is -0.708. The van der Waals surface area contributed by atoms with Gasteiger partial charge in [0.15, 0.2) is 0 Å². The minimum absolute atomic E-state index is 1.80. The van der Waals surface area contributed by atoms with Crippen molar-refractivity contribution in [2.75, 3.05) is 0 Å². The fraction of sp³-hybridized carbons (Fsp3) is 0. The first-order valence-electron chi connectivity index (χ1n) is 1.72. The van der Waals surface area contributed by atoms with E-state index in [1.54, 1.807) is 0 Å². The highest BCUT2D eigenvalue weighted by molar-refractivity contribution is 6.30. The number of carbonyl (C=O) groups is 3. The van der Waals surface area contributed by atoms with Gasteiger partial charge in [-0.2, -0.15) is 0 Å². The maximum Gasteiger partial charge on any atom is 0.514 e. The summed E-state index contributed by atoms with van der Waals surface area (Å²) in [5.74, 6) is -3.74. The van der Waals surface area contributed by atoms with E-state index in [9.17, 15) is 14.4 Å². The normalized spacial score (nSPS) is 8.00. The molecule has 6 nitrogen and oxygen atoms in total. The lowest BCUT2D eigenvalue weighted by atomic mass is 10.7. The monoisotopic (exact) mass is 134 g/mol. The zero-order valence-electron chi connectivity index (χ0n) is 4.03. The second kappa shape index (κ2) is 2.65. The van der Waals surface area contributed by atoms with Gasteiger partial charge in [-0.15, -0.1) is 0 Å². The lowest BCUT2D eigenvalue weighted by Gasteiger charge is -1.88. The van der Waals surface area contributed by atoms with E-state index in [1.165, 1.54) is 0 Å². The first-order chi connectivity index (χ1) is 4.04. The molecule has 0 bridgehead atoms. The summed E-state index contributed by atoms with van der Waals surface area (Å²) in [5, 5.41) is 15.3. The van der Waals surface area contributed by atoms with Crippen molar-refractivity contribution in [2.45, 2.75) is 0 Å². The molecule has 0 saturated carbocycles. The minimum atomic E-state index is -1.93. The third-order valence-electron chi connectivity index (χ3n) is 0.355. The van der Waals surface area contributed by atoms with Gasteiger partial charge in [-0.3, -0.25) is 0 Å². The first-order valence-corrected chi connectivity index (χ1v) is 1.72. The number of ether oxygens (including phenoxy) is 1. The predicted molar refractivity (Wildman–Crippen MR) is 21.8 cm³/mol. The number of hydrogen-bond donors (Lipinski definition) is 2. The summed E-state index contributed by atoms with van der Waals surface area (Å²) in [5.41, 5.74) is 0. The third-order valence-corrected chi connectivity index (χ3v) is 0.355. The van der Waals surface area contributed by atoms with Gasteiger partial charge in [-0.25, -0.2) is 14.4 Å². The molecule has 0 spiro atoms. The Morgan fingerprint density at radius 2 is 1.56 bits per heavy atom. The Bertz CT molecular complexity index is 158. The van der Waals surface area contributed by atoms with Crippen LogP contribution in [0.1, 0.15) is 0 Å². The van der Waals surface area contributed by atoms with Crippen LogP contribution in [0, 0.1) is 0 Å². The Morgan fingerprint density at radius 3 is 1.67 bits per heavy atom. The molecule has 0 aromatic rings. The van der Waals surface area contributed by atoms with Crippen LogP contribution in [0.5, 0.6) is 0 Å². The van der Waals surface area contributed by atoms with Crippen LogP contribution in [0.2, 0.25) is 0 Å². The van der Waals surface area contributed by atoms with Crippen molar-refractivity contribution in [1.29, 1.82) is 0 Å². The molecule has 0 rings (SSSR count). The van der Waals surface area contributed by atoms with Crippen molar-refractivity contribution >= 4 is 18.1 Å². The first kappa shape index (κ1) is 7.41. The SMILES string of the molecule is O=C(O)OC(=O)C(=O)O. The number of esters is 1. The van der Waals surface area contributed by atoms with Gasteiger partial charge < -0.3 is 14.9 Å². The summed E-state index contributed by atoms with van der Waals surface area (Å²) in [6, 6.07) is 0. The maximum absolute atomic E-state index is 9.75. The van der Waals surface area contributed by atoms with Gasteiger partial charge in [0.05, 0.1) is 0 Å². The summed E-state index contributed by atoms with van der Waals surface area (Å²) < 4.78 is 3.19. The number of carbonyl (C=O) groups excluding carboxylic acids is 1. The lowest BCUT2D eigenvalue weighted by Crippen LogP contribution is -2.19. The number of hydrogen-bond acceptors (Lipinski definition) is 4. The maximum atomic E-state index is 9.75. The van der Waals surface area contributed by atoms with Crippen LogP contribution in [-0.2, 0) is 14.3 Å². The number of rotatable bonds is 0.